The van der Waals surface area contributed by atoms with Gasteiger partial charge in [-0.2, -0.15) is 4.98 Å². The molecule has 1 fully saturated rings. The Bertz CT molecular complexity index is 408. The third-order valence-corrected chi connectivity index (χ3v) is 3.25. The lowest BCUT2D eigenvalue weighted by Crippen LogP contribution is -2.36. The number of nitrogens with zero attached hydrogens (tertiary/aromatic N) is 3. The van der Waals surface area contributed by atoms with E-state index in [0.717, 1.165) is 31.8 Å². The number of methoxy groups -OCH3 is 1. The molecule has 2 heterocycles. The molecular weight excluding hydrogens is 234 g/mol. The topological polar surface area (TPSA) is 68.5 Å². The predicted octanol–water partition coefficient (Wildman–Crippen LogP) is 1.58. The monoisotopic (exact) mass is 253 g/mol. The van der Waals surface area contributed by atoms with Crippen LogP contribution in [0, 0.1) is 5.92 Å². The van der Waals surface area contributed by atoms with Gasteiger partial charge in [0.25, 0.3) is 0 Å². The number of esters is 1. The molecule has 0 N–H and O–H groups in total. The van der Waals surface area contributed by atoms with E-state index in [4.69, 9.17) is 9.26 Å². The summed E-state index contributed by atoms with van der Waals surface area (Å²) in [5, 5.41) is 3.94. The van der Waals surface area contributed by atoms with E-state index in [0.29, 0.717) is 6.01 Å². The third kappa shape index (κ3) is 2.63. The minimum atomic E-state index is -0.122. The summed E-state index contributed by atoms with van der Waals surface area (Å²) >= 11 is 0. The summed E-state index contributed by atoms with van der Waals surface area (Å²) in [7, 11) is 1.43. The van der Waals surface area contributed by atoms with E-state index in [1.165, 1.54) is 7.11 Å². The Morgan fingerprint density at radius 2 is 2.11 bits per heavy atom. The molecule has 100 valence electrons. The van der Waals surface area contributed by atoms with E-state index in [1.807, 2.05) is 18.7 Å². The lowest BCUT2D eigenvalue weighted by molar-refractivity contribution is -0.146. The van der Waals surface area contributed by atoms with Gasteiger partial charge in [0.2, 0.25) is 0 Å². The van der Waals surface area contributed by atoms with Crippen LogP contribution in [0.1, 0.15) is 38.4 Å². The first-order chi connectivity index (χ1) is 8.61. The van der Waals surface area contributed by atoms with Crippen LogP contribution in [0.15, 0.2) is 4.52 Å². The summed E-state index contributed by atoms with van der Waals surface area (Å²) in [6.07, 6.45) is 1.54. The maximum Gasteiger partial charge on any atom is 0.324 e. The first-order valence-corrected chi connectivity index (χ1v) is 6.28. The van der Waals surface area contributed by atoms with Crippen LogP contribution < -0.4 is 4.90 Å². The van der Waals surface area contributed by atoms with Gasteiger partial charge in [0.15, 0.2) is 5.82 Å². The summed E-state index contributed by atoms with van der Waals surface area (Å²) < 4.78 is 9.99. The van der Waals surface area contributed by atoms with Crippen molar-refractivity contribution in [1.29, 1.82) is 0 Å². The lowest BCUT2D eigenvalue weighted by atomic mass is 9.97. The fourth-order valence-corrected chi connectivity index (χ4v) is 2.06. The maximum absolute atomic E-state index is 11.4. The number of hydrogen-bond acceptors (Lipinski definition) is 6. The Balaban J connectivity index is 1.94. The van der Waals surface area contributed by atoms with Gasteiger partial charge in [0.05, 0.1) is 13.0 Å². The van der Waals surface area contributed by atoms with Crippen molar-refractivity contribution < 1.29 is 14.1 Å². The van der Waals surface area contributed by atoms with Gasteiger partial charge >= 0.3 is 12.0 Å². The molecule has 0 radical (unpaired) electrons. The van der Waals surface area contributed by atoms with Gasteiger partial charge in [-0.15, -0.1) is 0 Å². The quantitative estimate of drug-likeness (QED) is 0.762. The van der Waals surface area contributed by atoms with Crippen LogP contribution in [-0.2, 0) is 9.53 Å². The Labute approximate surface area is 106 Å². The molecule has 0 bridgehead atoms. The molecule has 18 heavy (non-hydrogen) atoms. The summed E-state index contributed by atoms with van der Waals surface area (Å²) in [4.78, 5) is 17.8. The number of ether oxygens (including phenoxy) is 1. The number of rotatable bonds is 3. The molecule has 0 spiro atoms. The molecule has 1 saturated heterocycles. The fraction of sp³-hybridized carbons (Fsp3) is 0.750. The molecule has 1 aliphatic rings. The highest BCUT2D eigenvalue weighted by atomic mass is 16.5. The van der Waals surface area contributed by atoms with Crippen LogP contribution in [0.5, 0.6) is 0 Å². The van der Waals surface area contributed by atoms with Crippen molar-refractivity contribution in [3.63, 3.8) is 0 Å². The number of hydrogen-bond donors (Lipinski definition) is 0. The smallest absolute Gasteiger partial charge is 0.324 e. The standard InChI is InChI=1S/C12H19N3O3/c1-8(2)10-13-12(18-14-10)15-6-4-9(5-7-15)11(16)17-3/h8-9H,4-7H2,1-3H3. The van der Waals surface area contributed by atoms with Crippen LogP contribution in [0.25, 0.3) is 0 Å². The Hall–Kier alpha value is -1.59. The second-order valence-corrected chi connectivity index (χ2v) is 4.87. The van der Waals surface area contributed by atoms with Crippen molar-refractivity contribution in [2.75, 3.05) is 25.1 Å². The van der Waals surface area contributed by atoms with Crippen molar-refractivity contribution in [2.45, 2.75) is 32.6 Å². The van der Waals surface area contributed by atoms with Crippen LogP contribution >= 0.6 is 0 Å². The second-order valence-electron chi connectivity index (χ2n) is 4.87. The van der Waals surface area contributed by atoms with Crippen LogP contribution in [-0.4, -0.2) is 36.3 Å². The molecule has 1 aliphatic heterocycles. The van der Waals surface area contributed by atoms with Gasteiger partial charge in [-0.1, -0.05) is 19.0 Å². The summed E-state index contributed by atoms with van der Waals surface area (Å²) in [5.74, 6) is 0.858. The Kier molecular flexibility index (Phi) is 3.84. The average molecular weight is 253 g/mol. The molecule has 1 aromatic rings. The van der Waals surface area contributed by atoms with Crippen molar-refractivity contribution >= 4 is 12.0 Å². The van der Waals surface area contributed by atoms with Crippen LogP contribution in [0.2, 0.25) is 0 Å². The van der Waals surface area contributed by atoms with E-state index in [-0.39, 0.29) is 17.8 Å². The van der Waals surface area contributed by atoms with Crippen molar-refractivity contribution in [1.82, 2.24) is 10.1 Å². The van der Waals surface area contributed by atoms with Gasteiger partial charge in [0, 0.05) is 19.0 Å². The molecule has 0 aliphatic carbocycles. The molecule has 2 rings (SSSR count). The Morgan fingerprint density at radius 3 is 2.61 bits per heavy atom. The van der Waals surface area contributed by atoms with E-state index in [2.05, 4.69) is 10.1 Å². The Morgan fingerprint density at radius 1 is 1.44 bits per heavy atom. The highest BCUT2D eigenvalue weighted by Crippen LogP contribution is 2.23. The largest absolute Gasteiger partial charge is 0.469 e. The molecular formula is C12H19N3O3. The van der Waals surface area contributed by atoms with Gasteiger partial charge < -0.3 is 14.2 Å². The number of carbonyl (C=O) groups excluding carboxylic acids is 1. The number of piperidine rings is 1. The number of aromatic nitrogens is 2. The van der Waals surface area contributed by atoms with E-state index in [1.54, 1.807) is 0 Å². The second kappa shape index (κ2) is 5.37. The van der Waals surface area contributed by atoms with E-state index >= 15 is 0 Å². The van der Waals surface area contributed by atoms with Crippen molar-refractivity contribution in [3.8, 4) is 0 Å². The molecule has 1 aromatic heterocycles. The summed E-state index contributed by atoms with van der Waals surface area (Å²) in [5.41, 5.74) is 0. The summed E-state index contributed by atoms with van der Waals surface area (Å²) in [6, 6.07) is 0.557. The first kappa shape index (κ1) is 12.9. The van der Waals surface area contributed by atoms with E-state index < -0.39 is 0 Å². The fourth-order valence-electron chi connectivity index (χ4n) is 2.06. The van der Waals surface area contributed by atoms with Gasteiger partial charge in [-0.25, -0.2) is 0 Å². The minimum Gasteiger partial charge on any atom is -0.469 e. The van der Waals surface area contributed by atoms with E-state index in [9.17, 15) is 4.79 Å². The molecule has 0 unspecified atom stereocenters. The van der Waals surface area contributed by atoms with Crippen molar-refractivity contribution in [2.24, 2.45) is 5.92 Å². The highest BCUT2D eigenvalue weighted by molar-refractivity contribution is 5.72. The number of anilines is 1. The normalized spacial score (nSPS) is 17.2. The average Bonchev–Trinajstić information content (AvgIpc) is 2.88. The molecule has 0 atom stereocenters. The number of carbonyl (C=O) groups is 1. The first-order valence-electron chi connectivity index (χ1n) is 6.28. The molecule has 0 amide bonds. The zero-order valence-electron chi connectivity index (χ0n) is 11.0. The molecule has 6 nitrogen and oxygen atoms in total. The predicted molar refractivity (Wildman–Crippen MR) is 65.3 cm³/mol. The van der Waals surface area contributed by atoms with Gasteiger partial charge in [-0.05, 0) is 12.8 Å². The molecule has 0 aromatic carbocycles. The maximum atomic E-state index is 11.4. The SMILES string of the molecule is COC(=O)C1CCN(c2nc(C(C)C)no2)CC1. The zero-order chi connectivity index (χ0) is 13.1. The van der Waals surface area contributed by atoms with Crippen LogP contribution in [0.3, 0.4) is 0 Å². The van der Waals surface area contributed by atoms with Gasteiger partial charge in [-0.3, -0.25) is 4.79 Å². The van der Waals surface area contributed by atoms with Crippen molar-refractivity contribution in [3.05, 3.63) is 5.82 Å². The molecule has 6 heteroatoms. The van der Waals surface area contributed by atoms with Gasteiger partial charge in [0.1, 0.15) is 0 Å². The molecule has 0 saturated carbocycles. The lowest BCUT2D eigenvalue weighted by Gasteiger charge is -2.28. The highest BCUT2D eigenvalue weighted by Gasteiger charge is 2.28. The third-order valence-electron chi connectivity index (χ3n) is 3.25. The van der Waals surface area contributed by atoms with Crippen LogP contribution in [0.4, 0.5) is 6.01 Å². The minimum absolute atomic E-state index is 0.00117. The summed E-state index contributed by atoms with van der Waals surface area (Å²) in [6.45, 7) is 5.55. The zero-order valence-corrected chi connectivity index (χ0v) is 11.0.